The molecule has 0 saturated carbocycles. The lowest BCUT2D eigenvalue weighted by Crippen LogP contribution is -2.29. The molecule has 0 atom stereocenters. The highest BCUT2D eigenvalue weighted by Crippen LogP contribution is 2.20. The second-order valence-electron chi connectivity index (χ2n) is 4.75. The monoisotopic (exact) mass is 231 g/mol. The van der Waals surface area contributed by atoms with Crippen molar-refractivity contribution in [2.45, 2.75) is 19.3 Å². The molecule has 3 heterocycles. The van der Waals surface area contributed by atoms with E-state index >= 15 is 0 Å². The minimum atomic E-state index is 0.297. The number of hydrogen-bond acceptors (Lipinski definition) is 3. The first kappa shape index (κ1) is 10.6. The Morgan fingerprint density at radius 1 is 1.41 bits per heavy atom. The number of rotatable bonds is 2. The van der Waals surface area contributed by atoms with Crippen LogP contribution in [0.4, 0.5) is 0 Å². The van der Waals surface area contributed by atoms with Gasteiger partial charge >= 0.3 is 0 Å². The number of hydrogen-bond donors (Lipinski definition) is 2. The third kappa shape index (κ3) is 2.13. The Kier molecular flexibility index (Phi) is 2.73. The van der Waals surface area contributed by atoms with E-state index in [9.17, 15) is 5.11 Å². The third-order valence-corrected chi connectivity index (χ3v) is 3.52. The lowest BCUT2D eigenvalue weighted by molar-refractivity contribution is 0.367. The van der Waals surface area contributed by atoms with Gasteiger partial charge in [0.15, 0.2) is 0 Å². The van der Waals surface area contributed by atoms with Crippen LogP contribution in [0.3, 0.4) is 0 Å². The summed E-state index contributed by atoms with van der Waals surface area (Å²) < 4.78 is 2.07. The predicted molar refractivity (Wildman–Crippen MR) is 66.2 cm³/mol. The molecule has 2 aromatic rings. The Labute approximate surface area is 100 Å². The quantitative estimate of drug-likeness (QED) is 0.825. The zero-order valence-corrected chi connectivity index (χ0v) is 9.76. The molecule has 3 rings (SSSR count). The summed E-state index contributed by atoms with van der Waals surface area (Å²) in [5, 5.41) is 12.8. The van der Waals surface area contributed by atoms with Crippen LogP contribution < -0.4 is 5.32 Å². The zero-order chi connectivity index (χ0) is 11.7. The van der Waals surface area contributed by atoms with Crippen molar-refractivity contribution in [2.75, 3.05) is 13.1 Å². The van der Waals surface area contributed by atoms with Gasteiger partial charge < -0.3 is 14.8 Å². The molecular formula is C13H17N3O. The van der Waals surface area contributed by atoms with Gasteiger partial charge in [0.2, 0.25) is 0 Å². The first-order valence-electron chi connectivity index (χ1n) is 6.18. The van der Waals surface area contributed by atoms with Gasteiger partial charge in [-0.1, -0.05) is 0 Å². The summed E-state index contributed by atoms with van der Waals surface area (Å²) >= 11 is 0. The van der Waals surface area contributed by atoms with Gasteiger partial charge in [-0.2, -0.15) is 0 Å². The maximum absolute atomic E-state index is 9.41. The SMILES string of the molecule is Oc1ccn2c(CC3CCNCC3)ncc2c1. The molecule has 0 unspecified atom stereocenters. The van der Waals surface area contributed by atoms with E-state index in [-0.39, 0.29) is 0 Å². The maximum Gasteiger partial charge on any atom is 0.119 e. The van der Waals surface area contributed by atoms with Crippen LogP contribution in [0.5, 0.6) is 5.75 Å². The molecule has 0 bridgehead atoms. The summed E-state index contributed by atoms with van der Waals surface area (Å²) in [6.07, 6.45) is 7.21. The minimum Gasteiger partial charge on any atom is -0.508 e. The fraction of sp³-hybridized carbons (Fsp3) is 0.462. The van der Waals surface area contributed by atoms with E-state index in [0.29, 0.717) is 5.75 Å². The number of nitrogens with one attached hydrogen (secondary N) is 1. The molecule has 4 nitrogen and oxygen atoms in total. The maximum atomic E-state index is 9.41. The predicted octanol–water partition coefficient (Wildman–Crippen LogP) is 1.58. The Morgan fingerprint density at radius 2 is 2.24 bits per heavy atom. The van der Waals surface area contributed by atoms with Crippen molar-refractivity contribution in [2.24, 2.45) is 5.92 Å². The Balaban J connectivity index is 1.84. The highest BCUT2D eigenvalue weighted by atomic mass is 16.3. The normalized spacial score (nSPS) is 17.6. The molecule has 2 N–H and O–H groups in total. The average molecular weight is 231 g/mol. The first-order chi connectivity index (χ1) is 8.33. The van der Waals surface area contributed by atoms with Gasteiger partial charge in [0.05, 0.1) is 11.7 Å². The lowest BCUT2D eigenvalue weighted by atomic mass is 9.94. The van der Waals surface area contributed by atoms with Crippen molar-refractivity contribution in [3.63, 3.8) is 0 Å². The number of nitrogens with zero attached hydrogens (tertiary/aromatic N) is 2. The topological polar surface area (TPSA) is 49.6 Å². The second-order valence-corrected chi connectivity index (χ2v) is 4.75. The van der Waals surface area contributed by atoms with Gasteiger partial charge in [-0.15, -0.1) is 0 Å². The molecule has 0 aromatic carbocycles. The molecule has 0 radical (unpaired) electrons. The van der Waals surface area contributed by atoms with E-state index in [4.69, 9.17) is 0 Å². The molecule has 0 amide bonds. The van der Waals surface area contributed by atoms with Crippen LogP contribution in [0, 0.1) is 5.92 Å². The summed E-state index contributed by atoms with van der Waals surface area (Å²) in [7, 11) is 0. The summed E-state index contributed by atoms with van der Waals surface area (Å²) in [5.74, 6) is 2.13. The highest BCUT2D eigenvalue weighted by molar-refractivity contribution is 5.50. The largest absolute Gasteiger partial charge is 0.508 e. The molecule has 2 aromatic heterocycles. The molecule has 17 heavy (non-hydrogen) atoms. The lowest BCUT2D eigenvalue weighted by Gasteiger charge is -2.21. The Bertz CT molecular complexity index is 514. The van der Waals surface area contributed by atoms with Crippen LogP contribution in [-0.2, 0) is 6.42 Å². The second kappa shape index (κ2) is 4.37. The number of aromatic nitrogens is 2. The van der Waals surface area contributed by atoms with E-state index in [1.807, 2.05) is 12.4 Å². The molecular weight excluding hydrogens is 214 g/mol. The molecule has 90 valence electrons. The summed E-state index contributed by atoms with van der Waals surface area (Å²) in [6.45, 7) is 2.24. The number of imidazole rings is 1. The molecule has 0 spiro atoms. The molecule has 1 aliphatic rings. The van der Waals surface area contributed by atoms with Gasteiger partial charge in [0, 0.05) is 18.7 Å². The van der Waals surface area contributed by atoms with Gasteiger partial charge in [0.25, 0.3) is 0 Å². The summed E-state index contributed by atoms with van der Waals surface area (Å²) in [4.78, 5) is 4.46. The van der Waals surface area contributed by atoms with Gasteiger partial charge in [-0.05, 0) is 37.9 Å². The number of piperidine rings is 1. The molecule has 0 aliphatic carbocycles. The van der Waals surface area contributed by atoms with Crippen molar-refractivity contribution < 1.29 is 5.11 Å². The number of aromatic hydroxyl groups is 1. The van der Waals surface area contributed by atoms with Crippen molar-refractivity contribution in [3.05, 3.63) is 30.4 Å². The van der Waals surface area contributed by atoms with Gasteiger partial charge in [-0.25, -0.2) is 4.98 Å². The van der Waals surface area contributed by atoms with Crippen LogP contribution in [0.25, 0.3) is 5.52 Å². The van der Waals surface area contributed by atoms with Crippen LogP contribution in [0.15, 0.2) is 24.5 Å². The number of pyridine rings is 1. The number of fused-ring (bicyclic) bond motifs is 1. The van der Waals surface area contributed by atoms with Crippen molar-refractivity contribution in [1.82, 2.24) is 14.7 Å². The van der Waals surface area contributed by atoms with E-state index < -0.39 is 0 Å². The zero-order valence-electron chi connectivity index (χ0n) is 9.76. The van der Waals surface area contributed by atoms with E-state index in [2.05, 4.69) is 14.7 Å². The fourth-order valence-corrected chi connectivity index (χ4v) is 2.54. The first-order valence-corrected chi connectivity index (χ1v) is 6.18. The molecule has 1 aliphatic heterocycles. The third-order valence-electron chi connectivity index (χ3n) is 3.52. The summed E-state index contributed by atoms with van der Waals surface area (Å²) in [5.41, 5.74) is 0.967. The van der Waals surface area contributed by atoms with Crippen LogP contribution in [-0.4, -0.2) is 27.6 Å². The van der Waals surface area contributed by atoms with Gasteiger partial charge in [0.1, 0.15) is 11.6 Å². The molecule has 1 fully saturated rings. The minimum absolute atomic E-state index is 0.297. The average Bonchev–Trinajstić information content (AvgIpc) is 2.73. The Hall–Kier alpha value is -1.55. The highest BCUT2D eigenvalue weighted by Gasteiger charge is 2.16. The van der Waals surface area contributed by atoms with Crippen LogP contribution in [0.2, 0.25) is 0 Å². The summed E-state index contributed by atoms with van der Waals surface area (Å²) in [6, 6.07) is 3.46. The molecule has 4 heteroatoms. The van der Waals surface area contributed by atoms with Crippen LogP contribution in [0.1, 0.15) is 18.7 Å². The van der Waals surface area contributed by atoms with Crippen molar-refractivity contribution in [1.29, 1.82) is 0 Å². The standard InChI is InChI=1S/C13H17N3O/c17-12-3-6-16-11(8-12)9-15-13(16)7-10-1-4-14-5-2-10/h3,6,8-10,14,17H,1-2,4-5,7H2. The Morgan fingerprint density at radius 3 is 3.06 bits per heavy atom. The fourth-order valence-electron chi connectivity index (χ4n) is 2.54. The van der Waals surface area contributed by atoms with E-state index in [1.54, 1.807) is 12.1 Å². The van der Waals surface area contributed by atoms with Gasteiger partial charge in [-0.3, -0.25) is 0 Å². The van der Waals surface area contributed by atoms with E-state index in [1.165, 1.54) is 12.8 Å². The smallest absolute Gasteiger partial charge is 0.119 e. The van der Waals surface area contributed by atoms with E-state index in [0.717, 1.165) is 36.8 Å². The van der Waals surface area contributed by atoms with Crippen molar-refractivity contribution >= 4 is 5.52 Å². The van der Waals surface area contributed by atoms with Crippen LogP contribution >= 0.6 is 0 Å². The molecule has 1 saturated heterocycles. The van der Waals surface area contributed by atoms with Crippen molar-refractivity contribution in [3.8, 4) is 5.75 Å².